The summed E-state index contributed by atoms with van der Waals surface area (Å²) in [5.74, 6) is 2.08. The van der Waals surface area contributed by atoms with Crippen LogP contribution in [0.5, 0.6) is 17.2 Å². The van der Waals surface area contributed by atoms with Crippen molar-refractivity contribution in [3.8, 4) is 28.6 Å². The van der Waals surface area contributed by atoms with Gasteiger partial charge in [-0.15, -0.1) is 0 Å². The Hall–Kier alpha value is -3.13. The van der Waals surface area contributed by atoms with Crippen LogP contribution in [0.25, 0.3) is 11.4 Å². The average Bonchev–Trinajstić information content (AvgIpc) is 3.05. The maximum atomic E-state index is 5.41. The van der Waals surface area contributed by atoms with Gasteiger partial charge in [0.2, 0.25) is 10.5 Å². The van der Waals surface area contributed by atoms with E-state index in [4.69, 9.17) is 26.4 Å². The van der Waals surface area contributed by atoms with Crippen molar-refractivity contribution in [1.82, 2.24) is 14.9 Å². The lowest BCUT2D eigenvalue weighted by Crippen LogP contribution is -1.99. The van der Waals surface area contributed by atoms with Gasteiger partial charge in [0.25, 0.3) is 0 Å². The van der Waals surface area contributed by atoms with Gasteiger partial charge in [-0.2, -0.15) is 14.9 Å². The average molecular weight is 384 g/mol. The van der Waals surface area contributed by atoms with Crippen LogP contribution in [0.4, 0.5) is 0 Å². The monoisotopic (exact) mass is 384 g/mol. The Morgan fingerprint density at radius 2 is 1.78 bits per heavy atom. The van der Waals surface area contributed by atoms with Gasteiger partial charge in [-0.1, -0.05) is 29.8 Å². The zero-order chi connectivity index (χ0) is 19.4. The molecule has 0 bridgehead atoms. The molecule has 0 radical (unpaired) electrons. The number of methoxy groups -OCH3 is 3. The third-order valence-electron chi connectivity index (χ3n) is 3.94. The van der Waals surface area contributed by atoms with Crippen molar-refractivity contribution in [2.24, 2.45) is 5.10 Å². The molecule has 0 aliphatic heterocycles. The summed E-state index contributed by atoms with van der Waals surface area (Å²) in [4.78, 5) is 0. The molecule has 8 heteroatoms. The molecule has 0 saturated heterocycles. The molecule has 1 heterocycles. The summed E-state index contributed by atoms with van der Waals surface area (Å²) in [6, 6.07) is 11.6. The molecule has 0 aliphatic carbocycles. The first-order valence-electron chi connectivity index (χ1n) is 8.16. The molecule has 140 valence electrons. The second-order valence-corrected chi connectivity index (χ2v) is 6.12. The number of aromatic nitrogens is 3. The van der Waals surface area contributed by atoms with E-state index in [0.29, 0.717) is 27.8 Å². The van der Waals surface area contributed by atoms with Crippen LogP contribution in [-0.4, -0.2) is 42.4 Å². The molecule has 0 spiro atoms. The van der Waals surface area contributed by atoms with Crippen molar-refractivity contribution in [3.05, 3.63) is 52.3 Å². The molecule has 2 aromatic carbocycles. The van der Waals surface area contributed by atoms with E-state index < -0.39 is 0 Å². The minimum atomic E-state index is 0.377. The fraction of sp³-hybridized carbons (Fsp3) is 0.211. The van der Waals surface area contributed by atoms with Crippen molar-refractivity contribution >= 4 is 18.4 Å². The summed E-state index contributed by atoms with van der Waals surface area (Å²) < 4.78 is 18.1. The van der Waals surface area contributed by atoms with E-state index in [-0.39, 0.29) is 0 Å². The number of ether oxygens (including phenoxy) is 3. The van der Waals surface area contributed by atoms with Crippen LogP contribution in [0.3, 0.4) is 0 Å². The van der Waals surface area contributed by atoms with Crippen LogP contribution in [0.15, 0.2) is 41.5 Å². The highest BCUT2D eigenvalue weighted by Gasteiger charge is 2.17. The SMILES string of the molecule is COc1cc(-c2n[nH]c(=S)n2N=Cc2cccc(C)c2)cc(OC)c1OC. The number of nitrogens with zero attached hydrogens (tertiary/aromatic N) is 3. The first-order chi connectivity index (χ1) is 13.1. The molecule has 0 atom stereocenters. The quantitative estimate of drug-likeness (QED) is 0.517. The fourth-order valence-corrected chi connectivity index (χ4v) is 2.85. The number of rotatable bonds is 6. The van der Waals surface area contributed by atoms with Crippen LogP contribution >= 0.6 is 12.2 Å². The zero-order valence-corrected chi connectivity index (χ0v) is 16.3. The number of aromatic amines is 1. The zero-order valence-electron chi connectivity index (χ0n) is 15.5. The Morgan fingerprint density at radius 1 is 1.07 bits per heavy atom. The highest BCUT2D eigenvalue weighted by molar-refractivity contribution is 7.71. The fourth-order valence-electron chi connectivity index (χ4n) is 2.67. The van der Waals surface area contributed by atoms with Gasteiger partial charge in [-0.05, 0) is 36.8 Å². The summed E-state index contributed by atoms with van der Waals surface area (Å²) >= 11 is 5.33. The van der Waals surface area contributed by atoms with E-state index in [1.165, 1.54) is 0 Å². The lowest BCUT2D eigenvalue weighted by atomic mass is 10.1. The summed E-state index contributed by atoms with van der Waals surface area (Å²) in [5.41, 5.74) is 2.84. The van der Waals surface area contributed by atoms with Gasteiger partial charge in [-0.3, -0.25) is 0 Å². The number of benzene rings is 2. The van der Waals surface area contributed by atoms with Crippen LogP contribution < -0.4 is 14.2 Å². The molecule has 1 N–H and O–H groups in total. The lowest BCUT2D eigenvalue weighted by molar-refractivity contribution is 0.324. The molecular weight excluding hydrogens is 364 g/mol. The Labute approximate surface area is 162 Å². The highest BCUT2D eigenvalue weighted by Crippen LogP contribution is 2.40. The molecule has 7 nitrogen and oxygen atoms in total. The topological polar surface area (TPSA) is 73.7 Å². The Kier molecular flexibility index (Phi) is 5.56. The molecule has 27 heavy (non-hydrogen) atoms. The van der Waals surface area contributed by atoms with E-state index in [0.717, 1.165) is 16.7 Å². The van der Waals surface area contributed by atoms with Crippen LogP contribution in [0.1, 0.15) is 11.1 Å². The molecule has 0 saturated carbocycles. The van der Waals surface area contributed by atoms with Gasteiger partial charge < -0.3 is 14.2 Å². The van der Waals surface area contributed by atoms with Crippen molar-refractivity contribution in [1.29, 1.82) is 0 Å². The first-order valence-corrected chi connectivity index (χ1v) is 8.57. The number of H-pyrrole nitrogens is 1. The summed E-state index contributed by atoms with van der Waals surface area (Å²) in [7, 11) is 4.68. The molecule has 3 aromatic rings. The predicted octanol–water partition coefficient (Wildman–Crippen LogP) is 3.82. The molecule has 0 unspecified atom stereocenters. The molecule has 0 fully saturated rings. The van der Waals surface area contributed by atoms with E-state index >= 15 is 0 Å². The maximum absolute atomic E-state index is 5.41. The van der Waals surface area contributed by atoms with E-state index in [9.17, 15) is 0 Å². The van der Waals surface area contributed by atoms with Gasteiger partial charge in [0.05, 0.1) is 27.5 Å². The second-order valence-electron chi connectivity index (χ2n) is 5.74. The minimum Gasteiger partial charge on any atom is -0.493 e. The standard InChI is InChI=1S/C19H20N4O3S/c1-12-6-5-7-13(8-12)11-20-23-18(21-22-19(23)27)14-9-15(24-2)17(26-4)16(10-14)25-3/h5-11H,1-4H3,(H,22,27). The summed E-state index contributed by atoms with van der Waals surface area (Å²) in [5, 5.41) is 11.6. The van der Waals surface area contributed by atoms with Crippen molar-refractivity contribution in [3.63, 3.8) is 0 Å². The molecule has 0 amide bonds. The number of aryl methyl sites for hydroxylation is 1. The summed E-state index contributed by atoms with van der Waals surface area (Å²) in [6.45, 7) is 2.03. The van der Waals surface area contributed by atoms with Gasteiger partial charge in [0, 0.05) is 5.56 Å². The van der Waals surface area contributed by atoms with Crippen LogP contribution in [0, 0.1) is 11.7 Å². The highest BCUT2D eigenvalue weighted by atomic mass is 32.1. The lowest BCUT2D eigenvalue weighted by Gasteiger charge is -2.13. The van der Waals surface area contributed by atoms with Crippen molar-refractivity contribution in [2.45, 2.75) is 6.92 Å². The number of nitrogens with one attached hydrogen (secondary N) is 1. The second kappa shape index (κ2) is 8.05. The Bertz CT molecular complexity index is 1010. The molecule has 1 aromatic heterocycles. The van der Waals surface area contributed by atoms with Gasteiger partial charge in [0.1, 0.15) is 0 Å². The maximum Gasteiger partial charge on any atom is 0.216 e. The van der Waals surface area contributed by atoms with E-state index in [2.05, 4.69) is 15.3 Å². The van der Waals surface area contributed by atoms with Gasteiger partial charge >= 0.3 is 0 Å². The van der Waals surface area contributed by atoms with Crippen LogP contribution in [-0.2, 0) is 0 Å². The Balaban J connectivity index is 2.08. The third kappa shape index (κ3) is 3.85. The Morgan fingerprint density at radius 3 is 2.37 bits per heavy atom. The van der Waals surface area contributed by atoms with Gasteiger partial charge in [-0.25, -0.2) is 5.10 Å². The van der Waals surface area contributed by atoms with Gasteiger partial charge in [0.15, 0.2) is 17.3 Å². The van der Waals surface area contributed by atoms with E-state index in [1.807, 2.05) is 31.2 Å². The minimum absolute atomic E-state index is 0.377. The van der Waals surface area contributed by atoms with E-state index in [1.54, 1.807) is 44.4 Å². The third-order valence-corrected chi connectivity index (χ3v) is 4.20. The molecular formula is C19H20N4O3S. The number of hydrogen-bond donors (Lipinski definition) is 1. The molecule has 0 aliphatic rings. The van der Waals surface area contributed by atoms with Crippen molar-refractivity contribution in [2.75, 3.05) is 21.3 Å². The normalized spacial score (nSPS) is 11.0. The molecule has 3 rings (SSSR count). The smallest absolute Gasteiger partial charge is 0.216 e. The predicted molar refractivity (Wildman–Crippen MR) is 107 cm³/mol. The summed E-state index contributed by atoms with van der Waals surface area (Å²) in [6.07, 6.45) is 1.74. The van der Waals surface area contributed by atoms with Crippen molar-refractivity contribution < 1.29 is 14.2 Å². The first kappa shape index (κ1) is 18.7. The largest absolute Gasteiger partial charge is 0.493 e. The van der Waals surface area contributed by atoms with Crippen LogP contribution in [0.2, 0.25) is 0 Å². The number of hydrogen-bond acceptors (Lipinski definition) is 6.